The zero-order valence-corrected chi connectivity index (χ0v) is 25.7. The average Bonchev–Trinajstić information content (AvgIpc) is 3.32. The molecule has 0 radical (unpaired) electrons. The van der Waals surface area contributed by atoms with Gasteiger partial charge >= 0.3 is 0 Å². The third kappa shape index (κ3) is 6.41. The van der Waals surface area contributed by atoms with Crippen molar-refractivity contribution >= 4 is 49.2 Å². The summed E-state index contributed by atoms with van der Waals surface area (Å²) in [6, 6.07) is 21.3. The summed E-state index contributed by atoms with van der Waals surface area (Å²) in [5.41, 5.74) is 7.00. The summed E-state index contributed by atoms with van der Waals surface area (Å²) >= 11 is 9.84. The molecule has 0 saturated heterocycles. The Kier molecular flexibility index (Phi) is 9.05. The molecule has 9 heteroatoms. The van der Waals surface area contributed by atoms with Crippen LogP contribution in [0.1, 0.15) is 44.4 Å². The van der Waals surface area contributed by atoms with Gasteiger partial charge in [-0.3, -0.25) is 9.59 Å². The Balaban J connectivity index is 1.82. The Labute approximate surface area is 249 Å². The number of rotatable bonds is 9. The van der Waals surface area contributed by atoms with Crippen molar-refractivity contribution in [2.24, 2.45) is 17.1 Å². The van der Waals surface area contributed by atoms with Crippen molar-refractivity contribution in [1.29, 1.82) is 0 Å². The van der Waals surface area contributed by atoms with Crippen LogP contribution in [0.25, 0.3) is 0 Å². The van der Waals surface area contributed by atoms with Gasteiger partial charge in [0, 0.05) is 28.4 Å². The number of carbonyl (C=O) groups is 2. The van der Waals surface area contributed by atoms with Gasteiger partial charge in [-0.1, -0.05) is 109 Å². The minimum absolute atomic E-state index is 0.0331. The molecule has 4 rings (SSSR count). The van der Waals surface area contributed by atoms with Crippen LogP contribution in [0.2, 0.25) is 5.02 Å². The van der Waals surface area contributed by atoms with E-state index in [1.54, 1.807) is 30.3 Å². The predicted octanol–water partition coefficient (Wildman–Crippen LogP) is 6.49. The predicted molar refractivity (Wildman–Crippen MR) is 161 cm³/mol. The molecule has 40 heavy (non-hydrogen) atoms. The van der Waals surface area contributed by atoms with Gasteiger partial charge in [0.1, 0.15) is 4.90 Å². The smallest absolute Gasteiger partial charge is 0.245 e. The Bertz CT molecular complexity index is 1530. The summed E-state index contributed by atoms with van der Waals surface area (Å²) < 4.78 is 30.8. The van der Waals surface area contributed by atoms with Gasteiger partial charge < -0.3 is 5.73 Å². The van der Waals surface area contributed by atoms with E-state index in [2.05, 4.69) is 15.9 Å². The van der Waals surface area contributed by atoms with Crippen molar-refractivity contribution < 1.29 is 18.0 Å². The Morgan fingerprint density at radius 2 is 1.57 bits per heavy atom. The largest absolute Gasteiger partial charge is 0.369 e. The maximum atomic E-state index is 14.3. The number of hydrogen-bond donors (Lipinski definition) is 1. The highest BCUT2D eigenvalue weighted by molar-refractivity contribution is 9.10. The lowest BCUT2D eigenvalue weighted by Gasteiger charge is -2.37. The molecule has 1 heterocycles. The first kappa shape index (κ1) is 30.2. The molecule has 0 fully saturated rings. The summed E-state index contributed by atoms with van der Waals surface area (Å²) in [6.45, 7) is 5.78. The van der Waals surface area contributed by atoms with Crippen LogP contribution in [0.5, 0.6) is 0 Å². The molecule has 2 N–H and O–H groups in total. The van der Waals surface area contributed by atoms with Crippen LogP contribution < -0.4 is 5.73 Å². The van der Waals surface area contributed by atoms with Crippen LogP contribution in [-0.2, 0) is 26.0 Å². The van der Waals surface area contributed by atoms with E-state index in [4.69, 9.17) is 17.3 Å². The zero-order valence-electron chi connectivity index (χ0n) is 22.6. The molecule has 0 aliphatic carbocycles. The topological polar surface area (TPSA) is 97.5 Å². The fourth-order valence-corrected chi connectivity index (χ4v) is 7.72. The van der Waals surface area contributed by atoms with E-state index in [9.17, 15) is 18.0 Å². The van der Waals surface area contributed by atoms with E-state index in [1.807, 2.05) is 63.2 Å². The van der Waals surface area contributed by atoms with Gasteiger partial charge in [0.25, 0.3) is 0 Å². The quantitative estimate of drug-likeness (QED) is 0.288. The first-order valence-corrected chi connectivity index (χ1v) is 15.5. The summed E-state index contributed by atoms with van der Waals surface area (Å²) in [5.74, 6) is -1.65. The molecule has 210 valence electrons. The second-order valence-corrected chi connectivity index (χ2v) is 14.2. The van der Waals surface area contributed by atoms with Gasteiger partial charge in [-0.05, 0) is 47.2 Å². The fourth-order valence-electron chi connectivity index (χ4n) is 5.05. The SMILES string of the molecule is CC(C)(C)[C@@H]1C=C(C(=O)C[C@@H](Cc2ccccc2)C(N)=O)[C@H](c2ccc(Br)cc2)N1S(=O)(=O)c1ccccc1Cl. The van der Waals surface area contributed by atoms with Crippen LogP contribution >= 0.6 is 27.5 Å². The number of sulfonamides is 1. The van der Waals surface area contributed by atoms with E-state index >= 15 is 0 Å². The number of amides is 1. The van der Waals surface area contributed by atoms with Gasteiger partial charge in [0.05, 0.1) is 11.1 Å². The van der Waals surface area contributed by atoms with E-state index < -0.39 is 39.3 Å². The number of hydrogen-bond acceptors (Lipinski definition) is 4. The molecule has 3 aromatic rings. The standard InChI is InChI=1S/C31H32BrClN2O4S/c1-31(2,3)28-19-24(26(36)18-22(30(34)37)17-20-9-5-4-6-10-20)29(21-13-15-23(32)16-14-21)35(28)40(38,39)27-12-8-7-11-25(27)33/h4-16,19,22,28-29H,17-18H2,1-3H3,(H2,34,37)/t22-,28+,29+/m1/s1. The first-order chi connectivity index (χ1) is 18.8. The molecule has 0 spiro atoms. The first-order valence-electron chi connectivity index (χ1n) is 12.9. The number of nitrogens with two attached hydrogens (primary N) is 1. The Morgan fingerprint density at radius 3 is 2.15 bits per heavy atom. The zero-order chi connectivity index (χ0) is 29.2. The van der Waals surface area contributed by atoms with Crippen molar-refractivity contribution in [1.82, 2.24) is 4.31 Å². The van der Waals surface area contributed by atoms with E-state index in [0.717, 1.165) is 10.0 Å². The molecule has 1 amide bonds. The second-order valence-electron chi connectivity index (χ2n) is 11.1. The molecule has 0 bridgehead atoms. The molecule has 1 aliphatic rings. The minimum atomic E-state index is -4.18. The highest BCUT2D eigenvalue weighted by Crippen LogP contribution is 2.47. The van der Waals surface area contributed by atoms with Gasteiger partial charge in [0.2, 0.25) is 15.9 Å². The molecule has 0 aromatic heterocycles. The van der Waals surface area contributed by atoms with Crippen LogP contribution in [-0.4, -0.2) is 30.5 Å². The molecule has 3 aromatic carbocycles. The minimum Gasteiger partial charge on any atom is -0.369 e. The number of halogens is 2. The maximum absolute atomic E-state index is 14.3. The highest BCUT2D eigenvalue weighted by atomic mass is 79.9. The van der Waals surface area contributed by atoms with Gasteiger partial charge in [-0.25, -0.2) is 8.42 Å². The van der Waals surface area contributed by atoms with E-state index in [0.29, 0.717) is 17.6 Å². The van der Waals surface area contributed by atoms with E-state index in [-0.39, 0.29) is 22.1 Å². The highest BCUT2D eigenvalue weighted by Gasteiger charge is 2.50. The van der Waals surface area contributed by atoms with Crippen molar-refractivity contribution in [2.45, 2.75) is 50.6 Å². The van der Waals surface area contributed by atoms with Crippen LogP contribution in [0, 0.1) is 11.3 Å². The lowest BCUT2D eigenvalue weighted by atomic mass is 9.86. The molecule has 6 nitrogen and oxygen atoms in total. The fraction of sp³-hybridized carbons (Fsp3) is 0.290. The molecular weight excluding hydrogens is 612 g/mol. The van der Waals surface area contributed by atoms with Gasteiger partial charge in [0.15, 0.2) is 5.78 Å². The third-order valence-electron chi connectivity index (χ3n) is 7.11. The molecule has 3 atom stereocenters. The third-order valence-corrected chi connectivity index (χ3v) is 9.98. The number of ketones is 1. The summed E-state index contributed by atoms with van der Waals surface area (Å²) in [4.78, 5) is 26.4. The van der Waals surface area contributed by atoms with Crippen molar-refractivity contribution in [3.05, 3.63) is 111 Å². The number of primary amides is 1. The van der Waals surface area contributed by atoms with Crippen molar-refractivity contribution in [3.8, 4) is 0 Å². The molecule has 0 saturated carbocycles. The second kappa shape index (κ2) is 12.0. The Morgan fingerprint density at radius 1 is 0.975 bits per heavy atom. The van der Waals surface area contributed by atoms with Crippen LogP contribution in [0.3, 0.4) is 0 Å². The lowest BCUT2D eigenvalue weighted by molar-refractivity contribution is -0.126. The summed E-state index contributed by atoms with van der Waals surface area (Å²) in [6.07, 6.45) is 1.91. The average molecular weight is 644 g/mol. The lowest BCUT2D eigenvalue weighted by Crippen LogP contribution is -2.45. The number of nitrogens with zero attached hydrogens (tertiary/aromatic N) is 1. The molecule has 0 unspecified atom stereocenters. The van der Waals surface area contributed by atoms with Crippen LogP contribution in [0.4, 0.5) is 0 Å². The van der Waals surface area contributed by atoms with Crippen molar-refractivity contribution in [3.63, 3.8) is 0 Å². The summed E-state index contributed by atoms with van der Waals surface area (Å²) in [7, 11) is -4.18. The Hall–Kier alpha value is -2.78. The number of carbonyl (C=O) groups excluding carboxylic acids is 2. The van der Waals surface area contributed by atoms with Crippen LogP contribution in [0.15, 0.2) is 99.9 Å². The van der Waals surface area contributed by atoms with Crippen molar-refractivity contribution in [2.75, 3.05) is 0 Å². The number of benzene rings is 3. The molecular formula is C31H32BrClN2O4S. The maximum Gasteiger partial charge on any atom is 0.245 e. The van der Waals surface area contributed by atoms with Gasteiger partial charge in [-0.2, -0.15) is 4.31 Å². The molecule has 1 aliphatic heterocycles. The normalized spacial score (nSPS) is 18.8. The van der Waals surface area contributed by atoms with Gasteiger partial charge in [-0.15, -0.1) is 0 Å². The number of Topliss-reactive ketones (excluding diaryl/α,β-unsaturated/α-hetero) is 1. The monoisotopic (exact) mass is 642 g/mol. The van der Waals surface area contributed by atoms with E-state index in [1.165, 1.54) is 16.4 Å². The summed E-state index contributed by atoms with van der Waals surface area (Å²) in [5, 5.41) is 0.0983.